The zero-order valence-electron chi connectivity index (χ0n) is 12.7. The maximum atomic E-state index is 11.9. The second-order valence-electron chi connectivity index (χ2n) is 4.66. The molecule has 0 unspecified atom stereocenters. The van der Waals surface area contributed by atoms with Crippen LogP contribution in [-0.4, -0.2) is 25.6 Å². The van der Waals surface area contributed by atoms with Crippen LogP contribution in [-0.2, 0) is 9.53 Å². The second kappa shape index (κ2) is 7.99. The summed E-state index contributed by atoms with van der Waals surface area (Å²) in [6.45, 7) is -0.464. The molecule has 0 fully saturated rings. The van der Waals surface area contributed by atoms with Gasteiger partial charge in [0.05, 0.1) is 30.0 Å². The van der Waals surface area contributed by atoms with Gasteiger partial charge in [-0.15, -0.1) is 0 Å². The maximum absolute atomic E-state index is 11.9. The first-order valence-corrected chi connectivity index (χ1v) is 7.22. The Balaban J connectivity index is 1.94. The summed E-state index contributed by atoms with van der Waals surface area (Å²) in [5.41, 5.74) is 1.06. The Kier molecular flexibility index (Phi) is 5.77. The molecule has 0 aromatic heterocycles. The van der Waals surface area contributed by atoms with E-state index in [2.05, 4.69) is 5.32 Å². The van der Waals surface area contributed by atoms with E-state index in [1.165, 1.54) is 37.4 Å². The summed E-state index contributed by atoms with van der Waals surface area (Å²) in [6.07, 6.45) is 0. The molecule has 0 heterocycles. The quantitative estimate of drug-likeness (QED) is 0.842. The van der Waals surface area contributed by atoms with Gasteiger partial charge in [0, 0.05) is 5.02 Å². The van der Waals surface area contributed by atoms with E-state index in [9.17, 15) is 9.59 Å². The number of nitriles is 1. The van der Waals surface area contributed by atoms with Crippen molar-refractivity contribution in [3.63, 3.8) is 0 Å². The molecule has 1 amide bonds. The first kappa shape index (κ1) is 17.3. The predicted molar refractivity (Wildman–Crippen MR) is 88.1 cm³/mol. The number of carbonyl (C=O) groups excluding carboxylic acids is 2. The number of nitrogens with one attached hydrogen (secondary N) is 1. The lowest BCUT2D eigenvalue weighted by atomic mass is 10.1. The van der Waals surface area contributed by atoms with Crippen LogP contribution >= 0.6 is 11.6 Å². The fourth-order valence-corrected chi connectivity index (χ4v) is 2.03. The molecular weight excluding hydrogens is 332 g/mol. The van der Waals surface area contributed by atoms with Gasteiger partial charge < -0.3 is 14.8 Å². The minimum Gasteiger partial charge on any atom is -0.495 e. The summed E-state index contributed by atoms with van der Waals surface area (Å²) < 4.78 is 10.0. The van der Waals surface area contributed by atoms with Crippen molar-refractivity contribution in [3.8, 4) is 11.8 Å². The molecule has 1 N–H and O–H groups in total. The SMILES string of the molecule is COc1ccc(Cl)cc1NC(=O)COC(=O)c1ccc(C#N)cc1. The molecule has 0 atom stereocenters. The fraction of sp³-hybridized carbons (Fsp3) is 0.118. The van der Waals surface area contributed by atoms with E-state index in [0.717, 1.165) is 0 Å². The summed E-state index contributed by atoms with van der Waals surface area (Å²) in [7, 11) is 1.46. The number of nitrogens with zero attached hydrogens (tertiary/aromatic N) is 1. The molecule has 7 heteroatoms. The Labute approximate surface area is 143 Å². The number of carbonyl (C=O) groups is 2. The fourth-order valence-electron chi connectivity index (χ4n) is 1.86. The van der Waals surface area contributed by atoms with Crippen LogP contribution in [0.1, 0.15) is 15.9 Å². The first-order valence-electron chi connectivity index (χ1n) is 6.84. The van der Waals surface area contributed by atoms with Gasteiger partial charge in [0.15, 0.2) is 6.61 Å². The number of methoxy groups -OCH3 is 1. The summed E-state index contributed by atoms with van der Waals surface area (Å²) in [5.74, 6) is -0.753. The van der Waals surface area contributed by atoms with E-state index in [1.54, 1.807) is 12.1 Å². The normalized spacial score (nSPS) is 9.71. The van der Waals surface area contributed by atoms with Crippen molar-refractivity contribution in [1.82, 2.24) is 0 Å². The molecule has 0 bridgehead atoms. The van der Waals surface area contributed by atoms with Crippen LogP contribution < -0.4 is 10.1 Å². The minimum absolute atomic E-state index is 0.252. The van der Waals surface area contributed by atoms with E-state index in [0.29, 0.717) is 22.0 Å². The topological polar surface area (TPSA) is 88.4 Å². The third-order valence-corrected chi connectivity index (χ3v) is 3.25. The lowest BCUT2D eigenvalue weighted by Crippen LogP contribution is -2.21. The van der Waals surface area contributed by atoms with Crippen molar-refractivity contribution >= 4 is 29.2 Å². The monoisotopic (exact) mass is 344 g/mol. The summed E-state index contributed by atoms with van der Waals surface area (Å²) in [4.78, 5) is 23.7. The van der Waals surface area contributed by atoms with Gasteiger partial charge in [0.25, 0.3) is 5.91 Å². The third-order valence-electron chi connectivity index (χ3n) is 3.02. The average Bonchev–Trinajstić information content (AvgIpc) is 2.60. The molecule has 2 rings (SSSR count). The van der Waals surface area contributed by atoms with Crippen molar-refractivity contribution in [2.24, 2.45) is 0 Å². The molecule has 0 aliphatic carbocycles. The van der Waals surface area contributed by atoms with Crippen LogP contribution in [0.15, 0.2) is 42.5 Å². The summed E-state index contributed by atoms with van der Waals surface area (Å²) >= 11 is 5.87. The molecule has 0 aliphatic heterocycles. The third kappa shape index (κ3) is 4.48. The van der Waals surface area contributed by atoms with Crippen molar-refractivity contribution in [1.29, 1.82) is 5.26 Å². The van der Waals surface area contributed by atoms with Crippen molar-refractivity contribution in [2.45, 2.75) is 0 Å². The Bertz CT molecular complexity index is 797. The number of halogens is 1. The highest BCUT2D eigenvalue weighted by atomic mass is 35.5. The summed E-state index contributed by atoms with van der Waals surface area (Å²) in [5, 5.41) is 11.7. The lowest BCUT2D eigenvalue weighted by molar-refractivity contribution is -0.119. The van der Waals surface area contributed by atoms with Crippen LogP contribution in [0.4, 0.5) is 5.69 Å². The molecule has 122 valence electrons. The van der Waals surface area contributed by atoms with Gasteiger partial charge in [-0.1, -0.05) is 11.6 Å². The van der Waals surface area contributed by atoms with Gasteiger partial charge in [0.1, 0.15) is 5.75 Å². The molecule has 0 aliphatic rings. The number of hydrogen-bond donors (Lipinski definition) is 1. The van der Waals surface area contributed by atoms with E-state index in [-0.39, 0.29) is 5.56 Å². The smallest absolute Gasteiger partial charge is 0.338 e. The molecule has 2 aromatic carbocycles. The average molecular weight is 345 g/mol. The standard InChI is InChI=1S/C17H13ClN2O4/c1-23-15-7-6-13(18)8-14(15)20-16(21)10-24-17(22)12-4-2-11(9-19)3-5-12/h2-8H,10H2,1H3,(H,20,21). The van der Waals surface area contributed by atoms with Crippen molar-refractivity contribution in [3.05, 3.63) is 58.6 Å². The van der Waals surface area contributed by atoms with Gasteiger partial charge >= 0.3 is 5.97 Å². The molecule has 6 nitrogen and oxygen atoms in total. The molecule has 24 heavy (non-hydrogen) atoms. The molecule has 0 spiro atoms. The number of esters is 1. The van der Waals surface area contributed by atoms with Crippen LogP contribution in [0, 0.1) is 11.3 Å². The zero-order valence-corrected chi connectivity index (χ0v) is 13.5. The van der Waals surface area contributed by atoms with Gasteiger partial charge in [-0.2, -0.15) is 5.26 Å². The van der Waals surface area contributed by atoms with E-state index >= 15 is 0 Å². The van der Waals surface area contributed by atoms with Crippen LogP contribution in [0.5, 0.6) is 5.75 Å². The lowest BCUT2D eigenvalue weighted by Gasteiger charge is -2.10. The van der Waals surface area contributed by atoms with E-state index in [1.807, 2.05) is 6.07 Å². The van der Waals surface area contributed by atoms with Crippen molar-refractivity contribution < 1.29 is 19.1 Å². The van der Waals surface area contributed by atoms with Crippen LogP contribution in [0.25, 0.3) is 0 Å². The first-order chi connectivity index (χ1) is 11.5. The highest BCUT2D eigenvalue weighted by Crippen LogP contribution is 2.27. The summed E-state index contributed by atoms with van der Waals surface area (Å²) in [6, 6.07) is 12.6. The second-order valence-corrected chi connectivity index (χ2v) is 5.09. The van der Waals surface area contributed by atoms with Gasteiger partial charge in [-0.3, -0.25) is 4.79 Å². The number of amides is 1. The maximum Gasteiger partial charge on any atom is 0.338 e. The van der Waals surface area contributed by atoms with Crippen LogP contribution in [0.2, 0.25) is 5.02 Å². The van der Waals surface area contributed by atoms with Gasteiger partial charge in [0.2, 0.25) is 0 Å². The number of rotatable bonds is 5. The molecule has 0 radical (unpaired) electrons. The number of benzene rings is 2. The van der Waals surface area contributed by atoms with Gasteiger partial charge in [-0.25, -0.2) is 4.79 Å². The molecular formula is C17H13ClN2O4. The van der Waals surface area contributed by atoms with E-state index in [4.69, 9.17) is 26.3 Å². The molecule has 0 saturated heterocycles. The van der Waals surface area contributed by atoms with Crippen molar-refractivity contribution in [2.75, 3.05) is 19.0 Å². The number of hydrogen-bond acceptors (Lipinski definition) is 5. The van der Waals surface area contributed by atoms with E-state index < -0.39 is 18.5 Å². The zero-order chi connectivity index (χ0) is 17.5. The highest BCUT2D eigenvalue weighted by Gasteiger charge is 2.12. The van der Waals surface area contributed by atoms with Crippen LogP contribution in [0.3, 0.4) is 0 Å². The Morgan fingerprint density at radius 1 is 1.21 bits per heavy atom. The number of ether oxygens (including phenoxy) is 2. The Morgan fingerprint density at radius 3 is 2.54 bits per heavy atom. The van der Waals surface area contributed by atoms with Gasteiger partial charge in [-0.05, 0) is 42.5 Å². The largest absolute Gasteiger partial charge is 0.495 e. The minimum atomic E-state index is -0.660. The Morgan fingerprint density at radius 2 is 1.92 bits per heavy atom. The number of anilines is 1. The predicted octanol–water partition coefficient (Wildman–Crippen LogP) is 3.02. The molecule has 0 saturated carbocycles. The highest BCUT2D eigenvalue weighted by molar-refractivity contribution is 6.31. The Hall–Kier alpha value is -3.04. The molecule has 2 aromatic rings.